The maximum Gasteiger partial charge on any atom is 0.176 e. The molecule has 1 saturated carbocycles. The largest absolute Gasteiger partial charge is 0.492 e. The van der Waals surface area contributed by atoms with Gasteiger partial charge >= 0.3 is 0 Å². The van der Waals surface area contributed by atoms with Gasteiger partial charge in [0, 0.05) is 29.1 Å². The van der Waals surface area contributed by atoms with Gasteiger partial charge in [-0.05, 0) is 48.9 Å². The number of fused-ring (bicyclic) bond motifs is 3. The smallest absolute Gasteiger partial charge is 0.176 e. The molecule has 4 atom stereocenters. The van der Waals surface area contributed by atoms with E-state index in [0.717, 1.165) is 11.1 Å². The fourth-order valence-electron chi connectivity index (χ4n) is 5.27. The van der Waals surface area contributed by atoms with Crippen LogP contribution < -0.4 is 14.8 Å². The van der Waals surface area contributed by atoms with Gasteiger partial charge in [0.15, 0.2) is 11.2 Å². The molecule has 1 heterocycles. The van der Waals surface area contributed by atoms with Crippen molar-refractivity contribution in [3.63, 3.8) is 0 Å². The van der Waals surface area contributed by atoms with E-state index in [1.807, 2.05) is 55.6 Å². The highest BCUT2D eigenvalue weighted by Gasteiger charge is 2.72. The highest BCUT2D eigenvalue weighted by molar-refractivity contribution is 6.30. The minimum atomic E-state index is -1.62. The standard InChI is InChI=1S/C26H26ClNO4/c1-28-13-14-31-20-11-12-21-23(15-20)32-26(18-7-9-19(27)10-8-18)22(16-24(29)25(21,26)30)17-5-3-2-4-6-17/h2-12,15,22,24,28-30H,13-14,16H2,1H3/t22-,24-,25-,26-/m0/s1. The number of hydrogen-bond acceptors (Lipinski definition) is 5. The van der Waals surface area contributed by atoms with Crippen LogP contribution in [-0.4, -0.2) is 36.5 Å². The first-order valence-corrected chi connectivity index (χ1v) is 11.2. The van der Waals surface area contributed by atoms with Crippen LogP contribution in [0.3, 0.4) is 0 Å². The molecule has 0 bridgehead atoms. The molecule has 0 unspecified atom stereocenters. The molecule has 5 rings (SSSR count). The molecule has 1 fully saturated rings. The maximum absolute atomic E-state index is 12.2. The summed E-state index contributed by atoms with van der Waals surface area (Å²) in [5, 5.41) is 27.1. The molecule has 2 aliphatic rings. The van der Waals surface area contributed by atoms with Crippen molar-refractivity contribution >= 4 is 11.6 Å². The first-order valence-electron chi connectivity index (χ1n) is 10.8. The first-order chi connectivity index (χ1) is 15.5. The number of halogens is 1. The highest BCUT2D eigenvalue weighted by Crippen LogP contribution is 2.66. The Labute approximate surface area is 192 Å². The van der Waals surface area contributed by atoms with Gasteiger partial charge in [-0.1, -0.05) is 54.1 Å². The van der Waals surface area contributed by atoms with Crippen molar-refractivity contribution in [2.45, 2.75) is 29.6 Å². The molecule has 32 heavy (non-hydrogen) atoms. The van der Waals surface area contributed by atoms with E-state index in [2.05, 4.69) is 5.32 Å². The Kier molecular flexibility index (Phi) is 5.38. The van der Waals surface area contributed by atoms with E-state index in [4.69, 9.17) is 21.1 Å². The van der Waals surface area contributed by atoms with E-state index in [9.17, 15) is 10.2 Å². The summed E-state index contributed by atoms with van der Waals surface area (Å²) in [4.78, 5) is 0. The summed E-state index contributed by atoms with van der Waals surface area (Å²) in [6.07, 6.45) is -0.649. The van der Waals surface area contributed by atoms with Crippen molar-refractivity contribution in [2.75, 3.05) is 20.2 Å². The summed E-state index contributed by atoms with van der Waals surface area (Å²) in [5.74, 6) is 0.898. The molecular formula is C26H26ClNO4. The third kappa shape index (κ3) is 3.04. The molecule has 0 aromatic heterocycles. The molecule has 166 valence electrons. The molecule has 6 heteroatoms. The van der Waals surface area contributed by atoms with E-state index in [1.54, 1.807) is 24.3 Å². The Morgan fingerprint density at radius 2 is 1.84 bits per heavy atom. The Morgan fingerprint density at radius 1 is 1.09 bits per heavy atom. The summed E-state index contributed by atoms with van der Waals surface area (Å²) in [5.41, 5.74) is -0.497. The van der Waals surface area contributed by atoms with E-state index in [1.165, 1.54) is 0 Å². The van der Waals surface area contributed by atoms with Gasteiger partial charge in [0.05, 0.1) is 6.10 Å². The second-order valence-corrected chi connectivity index (χ2v) is 8.87. The third-order valence-corrected chi connectivity index (χ3v) is 6.98. The van der Waals surface area contributed by atoms with Gasteiger partial charge in [0.25, 0.3) is 0 Å². The van der Waals surface area contributed by atoms with Crippen LogP contribution in [0.5, 0.6) is 11.5 Å². The molecule has 1 aliphatic carbocycles. The van der Waals surface area contributed by atoms with E-state index in [0.29, 0.717) is 41.7 Å². The van der Waals surface area contributed by atoms with Crippen molar-refractivity contribution in [2.24, 2.45) is 0 Å². The molecular weight excluding hydrogens is 426 g/mol. The Hall–Kier alpha value is -2.57. The lowest BCUT2D eigenvalue weighted by molar-refractivity contribution is -0.149. The molecule has 0 spiro atoms. The van der Waals surface area contributed by atoms with E-state index < -0.39 is 17.3 Å². The van der Waals surface area contributed by atoms with E-state index >= 15 is 0 Å². The minimum absolute atomic E-state index is 0.272. The monoisotopic (exact) mass is 451 g/mol. The lowest BCUT2D eigenvalue weighted by Gasteiger charge is -2.40. The van der Waals surface area contributed by atoms with Gasteiger partial charge in [-0.15, -0.1) is 0 Å². The average Bonchev–Trinajstić information content (AvgIpc) is 3.20. The lowest BCUT2D eigenvalue weighted by Crippen LogP contribution is -2.51. The van der Waals surface area contributed by atoms with Gasteiger partial charge < -0.3 is 25.0 Å². The molecule has 3 aromatic rings. The SMILES string of the molecule is CNCCOc1ccc2c(c1)O[C@@]1(c3ccc(Cl)cc3)[C@H](c3ccccc3)C[C@H](O)[C@@]21O. The Bertz CT molecular complexity index is 1110. The van der Waals surface area contributed by atoms with Crippen LogP contribution >= 0.6 is 11.6 Å². The van der Waals surface area contributed by atoms with Crippen molar-refractivity contribution < 1.29 is 19.7 Å². The van der Waals surface area contributed by atoms with Crippen LogP contribution in [0.1, 0.15) is 29.0 Å². The molecule has 0 radical (unpaired) electrons. The van der Waals surface area contributed by atoms with Crippen molar-refractivity contribution in [3.05, 3.63) is 94.5 Å². The van der Waals surface area contributed by atoms with Crippen molar-refractivity contribution in [3.8, 4) is 11.5 Å². The second kappa shape index (κ2) is 8.09. The van der Waals surface area contributed by atoms with Crippen LogP contribution in [-0.2, 0) is 11.2 Å². The number of benzene rings is 3. The number of rotatable bonds is 6. The van der Waals surface area contributed by atoms with Gasteiger partial charge in [-0.25, -0.2) is 0 Å². The lowest BCUT2D eigenvalue weighted by atomic mass is 9.71. The number of likely N-dealkylation sites (N-methyl/N-ethyl adjacent to an activating group) is 1. The molecule has 1 aliphatic heterocycles. The Balaban J connectivity index is 1.67. The highest BCUT2D eigenvalue weighted by atomic mass is 35.5. The zero-order chi connectivity index (χ0) is 22.3. The number of nitrogens with one attached hydrogen (secondary N) is 1. The second-order valence-electron chi connectivity index (χ2n) is 8.44. The molecule has 3 aromatic carbocycles. The van der Waals surface area contributed by atoms with Gasteiger partial charge in [0.1, 0.15) is 18.1 Å². The van der Waals surface area contributed by atoms with E-state index in [-0.39, 0.29) is 5.92 Å². The van der Waals surface area contributed by atoms with Crippen LogP contribution in [0.15, 0.2) is 72.8 Å². The summed E-state index contributed by atoms with van der Waals surface area (Å²) in [6.45, 7) is 1.22. The number of aliphatic hydroxyl groups is 2. The van der Waals surface area contributed by atoms with Gasteiger partial charge in [-0.3, -0.25) is 0 Å². The maximum atomic E-state index is 12.2. The zero-order valence-corrected chi connectivity index (χ0v) is 18.5. The Morgan fingerprint density at radius 3 is 2.56 bits per heavy atom. The summed E-state index contributed by atoms with van der Waals surface area (Å²) >= 11 is 6.17. The van der Waals surface area contributed by atoms with Crippen LogP contribution in [0.2, 0.25) is 5.02 Å². The first kappa shape index (κ1) is 21.3. The number of hydrogen-bond donors (Lipinski definition) is 3. The van der Waals surface area contributed by atoms with Crippen molar-refractivity contribution in [1.82, 2.24) is 5.32 Å². The topological polar surface area (TPSA) is 71.0 Å². The average molecular weight is 452 g/mol. The summed E-state index contributed by atoms with van der Waals surface area (Å²) in [6, 6.07) is 22.6. The minimum Gasteiger partial charge on any atom is -0.492 e. The predicted molar refractivity (Wildman–Crippen MR) is 123 cm³/mol. The summed E-state index contributed by atoms with van der Waals surface area (Å²) < 4.78 is 12.5. The van der Waals surface area contributed by atoms with Crippen LogP contribution in [0.25, 0.3) is 0 Å². The van der Waals surface area contributed by atoms with Crippen molar-refractivity contribution in [1.29, 1.82) is 0 Å². The molecule has 3 N–H and O–H groups in total. The third-order valence-electron chi connectivity index (χ3n) is 6.73. The molecule has 0 amide bonds. The molecule has 5 nitrogen and oxygen atoms in total. The van der Waals surface area contributed by atoms with Crippen LogP contribution in [0, 0.1) is 0 Å². The number of ether oxygens (including phenoxy) is 2. The normalized spacial score (nSPS) is 28.1. The predicted octanol–water partition coefficient (Wildman–Crippen LogP) is 3.96. The quantitative estimate of drug-likeness (QED) is 0.495. The zero-order valence-electron chi connectivity index (χ0n) is 17.8. The fraction of sp³-hybridized carbons (Fsp3) is 0.308. The van der Waals surface area contributed by atoms with Crippen LogP contribution in [0.4, 0.5) is 0 Å². The fourth-order valence-corrected chi connectivity index (χ4v) is 5.40. The van der Waals surface area contributed by atoms with Gasteiger partial charge in [0.2, 0.25) is 0 Å². The molecule has 0 saturated heterocycles. The number of aliphatic hydroxyl groups excluding tert-OH is 1. The summed E-state index contributed by atoms with van der Waals surface area (Å²) in [7, 11) is 1.87. The van der Waals surface area contributed by atoms with Gasteiger partial charge in [-0.2, -0.15) is 0 Å².